The molecule has 15 heavy (non-hydrogen) atoms. The van der Waals surface area contributed by atoms with Crippen molar-refractivity contribution in [2.45, 2.75) is 19.0 Å². The maximum Gasteiger partial charge on any atom is 0.391 e. The second-order valence-corrected chi connectivity index (χ2v) is 4.90. The number of carboxylic acid groups (broad SMARTS) is 1. The first kappa shape index (κ1) is 11.7. The van der Waals surface area contributed by atoms with Gasteiger partial charge in [0.25, 0.3) is 5.66 Å². The van der Waals surface area contributed by atoms with Gasteiger partial charge in [0.2, 0.25) is 0 Å². The van der Waals surface area contributed by atoms with Gasteiger partial charge in [-0.15, -0.1) is 0 Å². The molecule has 0 fully saturated rings. The highest BCUT2D eigenvalue weighted by atomic mass is 31.1. The Balaban J connectivity index is 2.98. The van der Waals surface area contributed by atoms with Crippen molar-refractivity contribution in [1.82, 2.24) is 0 Å². The van der Waals surface area contributed by atoms with E-state index in [0.29, 0.717) is 11.7 Å². The van der Waals surface area contributed by atoms with Gasteiger partial charge in [-0.3, -0.25) is 0 Å². The van der Waals surface area contributed by atoms with E-state index in [1.54, 1.807) is 19.1 Å². The van der Waals surface area contributed by atoms with E-state index in [1.165, 1.54) is 12.1 Å². The number of phenols is 1. The fourth-order valence-electron chi connectivity index (χ4n) is 1.25. The van der Waals surface area contributed by atoms with Crippen molar-refractivity contribution in [3.63, 3.8) is 0 Å². The third kappa shape index (κ3) is 2.77. The topological polar surface area (TPSA) is 74.6 Å². The summed E-state index contributed by atoms with van der Waals surface area (Å²) in [5.74, 6) is -1.07. The maximum absolute atomic E-state index is 11.8. The van der Waals surface area contributed by atoms with E-state index in [0.717, 1.165) is 0 Å². The predicted molar refractivity (Wildman–Crippen MR) is 57.1 cm³/mol. The fourth-order valence-corrected chi connectivity index (χ4v) is 2.64. The van der Waals surface area contributed by atoms with Crippen molar-refractivity contribution in [1.29, 1.82) is 0 Å². The Kier molecular flexibility index (Phi) is 3.81. The minimum atomic E-state index is -2.00. The van der Waals surface area contributed by atoms with Crippen molar-refractivity contribution in [2.24, 2.45) is 0 Å². The Labute approximate surface area is 88.3 Å². The van der Waals surface area contributed by atoms with Crippen LogP contribution in [0.2, 0.25) is 0 Å². The van der Waals surface area contributed by atoms with E-state index in [4.69, 9.17) is 5.11 Å². The van der Waals surface area contributed by atoms with Crippen molar-refractivity contribution in [2.75, 3.05) is 0 Å². The molecule has 0 saturated carbocycles. The Bertz CT molecular complexity index is 389. The summed E-state index contributed by atoms with van der Waals surface area (Å²) >= 11 is 0. The van der Waals surface area contributed by atoms with Gasteiger partial charge in [-0.25, -0.2) is 4.79 Å². The van der Waals surface area contributed by atoms with Crippen LogP contribution >= 0.6 is 7.80 Å². The Morgan fingerprint density at radius 3 is 2.67 bits per heavy atom. The van der Waals surface area contributed by atoms with Gasteiger partial charge in [0, 0.05) is 12.5 Å². The summed E-state index contributed by atoms with van der Waals surface area (Å²) < 4.78 is 11.8. The van der Waals surface area contributed by atoms with Gasteiger partial charge in [-0.2, -0.15) is 0 Å². The van der Waals surface area contributed by atoms with Crippen LogP contribution in [0.3, 0.4) is 0 Å². The summed E-state index contributed by atoms with van der Waals surface area (Å²) in [5.41, 5.74) is -0.887. The molecule has 2 atom stereocenters. The van der Waals surface area contributed by atoms with E-state index < -0.39 is 19.4 Å². The van der Waals surface area contributed by atoms with Gasteiger partial charge in [-0.1, -0.05) is 17.6 Å². The van der Waals surface area contributed by atoms with Gasteiger partial charge < -0.3 is 10.2 Å². The molecule has 0 saturated heterocycles. The van der Waals surface area contributed by atoms with Gasteiger partial charge in [0.1, 0.15) is 5.75 Å². The Morgan fingerprint density at radius 1 is 1.53 bits per heavy atom. The average molecular weight is 227 g/mol. The van der Waals surface area contributed by atoms with Crippen molar-refractivity contribution in [3.05, 3.63) is 24.3 Å². The first-order valence-electron chi connectivity index (χ1n) is 4.54. The van der Waals surface area contributed by atoms with Crippen LogP contribution in [-0.2, 0) is 9.36 Å². The molecule has 0 bridgehead atoms. The summed E-state index contributed by atoms with van der Waals surface area (Å²) in [6.45, 7) is 1.68. The number of aromatic hydroxyl groups is 1. The second kappa shape index (κ2) is 4.89. The van der Waals surface area contributed by atoms with Crippen LogP contribution in [-0.4, -0.2) is 21.8 Å². The number of carboxylic acids is 1. The third-order valence-corrected chi connectivity index (χ3v) is 3.98. The quantitative estimate of drug-likeness (QED) is 0.768. The van der Waals surface area contributed by atoms with Crippen LogP contribution in [0.15, 0.2) is 24.3 Å². The smallest absolute Gasteiger partial charge is 0.391 e. The van der Waals surface area contributed by atoms with E-state index in [-0.39, 0.29) is 5.75 Å². The van der Waals surface area contributed by atoms with Crippen LogP contribution in [0.5, 0.6) is 5.75 Å². The molecule has 0 heterocycles. The molecule has 0 aliphatic heterocycles. The summed E-state index contributed by atoms with van der Waals surface area (Å²) in [5, 5.41) is 18.4. The van der Waals surface area contributed by atoms with Crippen LogP contribution in [0.4, 0.5) is 0 Å². The number of aliphatic carboxylic acids is 1. The van der Waals surface area contributed by atoms with Crippen LogP contribution in [0.1, 0.15) is 13.3 Å². The molecule has 1 aromatic carbocycles. The van der Waals surface area contributed by atoms with Gasteiger partial charge in [0.15, 0.2) is 5.30 Å². The predicted octanol–water partition coefficient (Wildman–Crippen LogP) is 1.71. The molecule has 0 aromatic heterocycles. The molecular formula is C10H12O4P+. The molecular weight excluding hydrogens is 215 g/mol. The van der Waals surface area contributed by atoms with E-state index >= 15 is 0 Å². The van der Waals surface area contributed by atoms with Crippen LogP contribution in [0, 0.1) is 0 Å². The monoisotopic (exact) mass is 227 g/mol. The minimum absolute atomic E-state index is 0.00362. The minimum Gasteiger partial charge on any atom is -0.508 e. The normalized spacial score (nSPS) is 13.3. The van der Waals surface area contributed by atoms with Crippen molar-refractivity contribution in [3.8, 4) is 5.75 Å². The largest absolute Gasteiger partial charge is 0.508 e. The highest BCUT2D eigenvalue weighted by molar-refractivity contribution is 7.55. The van der Waals surface area contributed by atoms with E-state index in [2.05, 4.69) is 0 Å². The lowest BCUT2D eigenvalue weighted by atomic mass is 10.3. The first-order chi connectivity index (χ1) is 7.06. The molecule has 2 N–H and O–H groups in total. The molecule has 0 radical (unpaired) electrons. The summed E-state index contributed by atoms with van der Waals surface area (Å²) in [7, 11) is -2.00. The highest BCUT2D eigenvalue weighted by Gasteiger charge is 2.37. The zero-order valence-electron chi connectivity index (χ0n) is 8.25. The van der Waals surface area contributed by atoms with Gasteiger partial charge in [-0.05, 0) is 12.1 Å². The zero-order valence-corrected chi connectivity index (χ0v) is 9.15. The SMILES string of the molecule is CCC(C(=O)O)[P+](=O)c1cccc(O)c1. The molecule has 0 aliphatic carbocycles. The van der Waals surface area contributed by atoms with E-state index in [1.807, 2.05) is 0 Å². The Morgan fingerprint density at radius 2 is 2.20 bits per heavy atom. The number of phenolic OH excluding ortho intramolecular Hbond substituents is 1. The number of benzene rings is 1. The standard InChI is InChI=1S/C10H11O4P/c1-2-9(10(12)13)15(14)8-5-3-4-7(11)6-8/h3-6,9H,2H2,1H3,(H-,11,12,13)/p+1. The number of rotatable bonds is 4. The third-order valence-electron chi connectivity index (χ3n) is 2.04. The molecule has 1 aromatic rings. The molecule has 0 spiro atoms. The van der Waals surface area contributed by atoms with Crippen molar-refractivity contribution >= 4 is 19.1 Å². The fraction of sp³-hybridized carbons (Fsp3) is 0.300. The van der Waals surface area contributed by atoms with Crippen molar-refractivity contribution < 1.29 is 19.6 Å². The second-order valence-electron chi connectivity index (χ2n) is 3.11. The maximum atomic E-state index is 11.8. The highest BCUT2D eigenvalue weighted by Crippen LogP contribution is 2.30. The molecule has 2 unspecified atom stereocenters. The molecule has 0 aliphatic rings. The average Bonchev–Trinajstić information content (AvgIpc) is 2.18. The molecule has 4 nitrogen and oxygen atoms in total. The molecule has 0 amide bonds. The molecule has 5 heteroatoms. The summed E-state index contributed by atoms with van der Waals surface area (Å²) in [6, 6.07) is 5.90. The van der Waals surface area contributed by atoms with Crippen LogP contribution < -0.4 is 5.30 Å². The van der Waals surface area contributed by atoms with Gasteiger partial charge in [0.05, 0.1) is 0 Å². The first-order valence-corrected chi connectivity index (χ1v) is 5.87. The lowest BCUT2D eigenvalue weighted by Gasteiger charge is -1.97. The summed E-state index contributed by atoms with van der Waals surface area (Å²) in [6.07, 6.45) is 0.306. The Hall–Kier alpha value is -1.41. The van der Waals surface area contributed by atoms with E-state index in [9.17, 15) is 14.5 Å². The zero-order chi connectivity index (χ0) is 11.4. The number of hydrogen-bond donors (Lipinski definition) is 2. The summed E-state index contributed by atoms with van der Waals surface area (Å²) in [4.78, 5) is 10.8. The molecule has 1 rings (SSSR count). The van der Waals surface area contributed by atoms with Crippen LogP contribution in [0.25, 0.3) is 0 Å². The van der Waals surface area contributed by atoms with Gasteiger partial charge >= 0.3 is 13.8 Å². The lowest BCUT2D eigenvalue weighted by molar-refractivity contribution is -0.136. The molecule has 80 valence electrons. The lowest BCUT2D eigenvalue weighted by Crippen LogP contribution is -2.18. The number of carbonyl (C=O) groups is 1. The number of hydrogen-bond acceptors (Lipinski definition) is 3.